The van der Waals surface area contributed by atoms with E-state index in [1.165, 1.54) is 5.56 Å². The van der Waals surface area contributed by atoms with E-state index >= 15 is 0 Å². The van der Waals surface area contributed by atoms with Crippen LogP contribution < -0.4 is 10.6 Å². The summed E-state index contributed by atoms with van der Waals surface area (Å²) >= 11 is 0. The highest BCUT2D eigenvalue weighted by Crippen LogP contribution is 2.18. The molecule has 0 spiro atoms. The monoisotopic (exact) mass is 268 g/mol. The van der Waals surface area contributed by atoms with Crippen molar-refractivity contribution in [1.29, 1.82) is 0 Å². The Labute approximate surface area is 120 Å². The predicted octanol–water partition coefficient (Wildman–Crippen LogP) is 3.25. The number of anilines is 2. The van der Waals surface area contributed by atoms with Crippen molar-refractivity contribution >= 4 is 17.3 Å². The molecular formula is C17H20N2O. The van der Waals surface area contributed by atoms with Crippen LogP contribution in [0.5, 0.6) is 0 Å². The van der Waals surface area contributed by atoms with Gasteiger partial charge in [0.15, 0.2) is 0 Å². The number of amides is 1. The van der Waals surface area contributed by atoms with Crippen LogP contribution in [0.1, 0.15) is 18.9 Å². The fraction of sp³-hybridized carbons (Fsp3) is 0.235. The highest BCUT2D eigenvalue weighted by atomic mass is 16.2. The van der Waals surface area contributed by atoms with Crippen LogP contribution in [-0.4, -0.2) is 12.5 Å². The molecule has 3 nitrogen and oxygen atoms in total. The minimum atomic E-state index is 0.127. The summed E-state index contributed by atoms with van der Waals surface area (Å²) in [5, 5.41) is 0. The SMILES string of the molecule is CCN(C(=O)CCc1ccccc1)c1cccc(N)c1. The van der Waals surface area contributed by atoms with E-state index in [2.05, 4.69) is 0 Å². The van der Waals surface area contributed by atoms with Crippen LogP contribution in [0.2, 0.25) is 0 Å². The first-order chi connectivity index (χ1) is 9.70. The lowest BCUT2D eigenvalue weighted by molar-refractivity contribution is -0.118. The zero-order valence-corrected chi connectivity index (χ0v) is 11.8. The van der Waals surface area contributed by atoms with Crippen LogP contribution in [0.25, 0.3) is 0 Å². The van der Waals surface area contributed by atoms with Crippen LogP contribution >= 0.6 is 0 Å². The van der Waals surface area contributed by atoms with Gasteiger partial charge in [0.05, 0.1) is 0 Å². The molecule has 104 valence electrons. The van der Waals surface area contributed by atoms with Crippen molar-refractivity contribution in [3.63, 3.8) is 0 Å². The third-order valence-electron chi connectivity index (χ3n) is 3.27. The number of hydrogen-bond acceptors (Lipinski definition) is 2. The van der Waals surface area contributed by atoms with Crippen molar-refractivity contribution in [1.82, 2.24) is 0 Å². The molecule has 0 heterocycles. The zero-order valence-electron chi connectivity index (χ0n) is 11.8. The third-order valence-corrected chi connectivity index (χ3v) is 3.27. The normalized spacial score (nSPS) is 10.2. The smallest absolute Gasteiger partial charge is 0.227 e. The molecule has 2 aromatic rings. The number of aryl methyl sites for hydroxylation is 1. The Kier molecular flexibility index (Phi) is 4.77. The first-order valence-corrected chi connectivity index (χ1v) is 6.90. The van der Waals surface area contributed by atoms with Crippen molar-refractivity contribution in [3.8, 4) is 0 Å². The second-order valence-electron chi connectivity index (χ2n) is 4.72. The van der Waals surface area contributed by atoms with Crippen molar-refractivity contribution in [3.05, 3.63) is 60.2 Å². The molecule has 2 N–H and O–H groups in total. The van der Waals surface area contributed by atoms with Crippen molar-refractivity contribution in [2.75, 3.05) is 17.2 Å². The van der Waals surface area contributed by atoms with Crippen molar-refractivity contribution in [2.45, 2.75) is 19.8 Å². The van der Waals surface area contributed by atoms with Crippen LogP contribution in [0.4, 0.5) is 11.4 Å². The van der Waals surface area contributed by atoms with Crippen LogP contribution in [0.3, 0.4) is 0 Å². The number of nitrogens with two attached hydrogens (primary N) is 1. The molecule has 0 radical (unpaired) electrons. The van der Waals surface area contributed by atoms with E-state index in [1.807, 2.05) is 61.5 Å². The number of benzene rings is 2. The molecule has 0 aliphatic carbocycles. The van der Waals surface area contributed by atoms with Gasteiger partial charge in [0.25, 0.3) is 0 Å². The number of carbonyl (C=O) groups excluding carboxylic acids is 1. The molecule has 0 aliphatic rings. The fourth-order valence-electron chi connectivity index (χ4n) is 2.23. The van der Waals surface area contributed by atoms with Crippen LogP contribution in [0, 0.1) is 0 Å². The van der Waals surface area contributed by atoms with E-state index in [0.29, 0.717) is 18.7 Å². The Hall–Kier alpha value is -2.29. The van der Waals surface area contributed by atoms with Gasteiger partial charge in [-0.15, -0.1) is 0 Å². The molecule has 0 atom stereocenters. The summed E-state index contributed by atoms with van der Waals surface area (Å²) in [6, 6.07) is 17.5. The summed E-state index contributed by atoms with van der Waals surface area (Å²) in [5.74, 6) is 0.127. The number of nitrogens with zero attached hydrogens (tertiary/aromatic N) is 1. The fourth-order valence-corrected chi connectivity index (χ4v) is 2.23. The zero-order chi connectivity index (χ0) is 14.4. The molecule has 3 heteroatoms. The number of rotatable bonds is 5. The summed E-state index contributed by atoms with van der Waals surface area (Å²) in [6.07, 6.45) is 1.27. The van der Waals surface area contributed by atoms with Crippen molar-refractivity contribution < 1.29 is 4.79 Å². The van der Waals surface area contributed by atoms with Gasteiger partial charge < -0.3 is 10.6 Å². The van der Waals surface area contributed by atoms with Gasteiger partial charge in [-0.2, -0.15) is 0 Å². The van der Waals surface area contributed by atoms with Gasteiger partial charge in [0.2, 0.25) is 5.91 Å². The van der Waals surface area contributed by atoms with E-state index in [1.54, 1.807) is 4.90 Å². The van der Waals surface area contributed by atoms with E-state index in [4.69, 9.17) is 5.73 Å². The van der Waals surface area contributed by atoms with Crippen molar-refractivity contribution in [2.24, 2.45) is 0 Å². The maximum Gasteiger partial charge on any atom is 0.227 e. The molecule has 2 rings (SSSR count). The van der Waals surface area contributed by atoms with Gasteiger partial charge in [-0.1, -0.05) is 36.4 Å². The largest absolute Gasteiger partial charge is 0.399 e. The second kappa shape index (κ2) is 6.75. The molecule has 2 aromatic carbocycles. The second-order valence-corrected chi connectivity index (χ2v) is 4.72. The van der Waals surface area contributed by atoms with Gasteiger partial charge >= 0.3 is 0 Å². The van der Waals surface area contributed by atoms with Gasteiger partial charge in [0.1, 0.15) is 0 Å². The standard InChI is InChI=1S/C17H20N2O/c1-2-19(16-10-6-9-15(18)13-16)17(20)12-11-14-7-4-3-5-8-14/h3-10,13H,2,11-12,18H2,1H3. The minimum Gasteiger partial charge on any atom is -0.399 e. The average molecular weight is 268 g/mol. The predicted molar refractivity (Wildman–Crippen MR) is 83.6 cm³/mol. The van der Waals surface area contributed by atoms with E-state index in [-0.39, 0.29) is 5.91 Å². The van der Waals surface area contributed by atoms with E-state index in [0.717, 1.165) is 12.1 Å². The van der Waals surface area contributed by atoms with Gasteiger partial charge in [-0.25, -0.2) is 0 Å². The summed E-state index contributed by atoms with van der Waals surface area (Å²) < 4.78 is 0. The van der Waals surface area contributed by atoms with Crippen LogP contribution in [-0.2, 0) is 11.2 Å². The number of nitrogen functional groups attached to an aromatic ring is 1. The molecule has 0 saturated heterocycles. The molecule has 1 amide bonds. The molecule has 0 unspecified atom stereocenters. The highest BCUT2D eigenvalue weighted by Gasteiger charge is 2.13. The molecule has 0 aromatic heterocycles. The first kappa shape index (κ1) is 14.1. The summed E-state index contributed by atoms with van der Waals surface area (Å²) in [5.41, 5.74) is 8.51. The Morgan fingerprint density at radius 3 is 2.50 bits per heavy atom. The summed E-state index contributed by atoms with van der Waals surface area (Å²) in [4.78, 5) is 14.1. The lowest BCUT2D eigenvalue weighted by Crippen LogP contribution is -2.30. The van der Waals surface area contributed by atoms with E-state index in [9.17, 15) is 4.79 Å². The van der Waals surface area contributed by atoms with Gasteiger partial charge in [0, 0.05) is 24.3 Å². The molecular weight excluding hydrogens is 248 g/mol. The van der Waals surface area contributed by atoms with E-state index < -0.39 is 0 Å². The molecule has 0 bridgehead atoms. The Bertz CT molecular complexity index is 566. The van der Waals surface area contributed by atoms with Crippen LogP contribution in [0.15, 0.2) is 54.6 Å². The van der Waals surface area contributed by atoms with Gasteiger partial charge in [-0.3, -0.25) is 4.79 Å². The highest BCUT2D eigenvalue weighted by molar-refractivity contribution is 5.93. The number of carbonyl (C=O) groups is 1. The summed E-state index contributed by atoms with van der Waals surface area (Å²) in [7, 11) is 0. The molecule has 0 fully saturated rings. The Balaban J connectivity index is 2.02. The third kappa shape index (κ3) is 3.60. The maximum absolute atomic E-state index is 12.3. The lowest BCUT2D eigenvalue weighted by atomic mass is 10.1. The average Bonchev–Trinajstić information content (AvgIpc) is 2.47. The summed E-state index contributed by atoms with van der Waals surface area (Å²) in [6.45, 7) is 2.63. The molecule has 0 aliphatic heterocycles. The topological polar surface area (TPSA) is 46.3 Å². The first-order valence-electron chi connectivity index (χ1n) is 6.90. The Morgan fingerprint density at radius 2 is 1.85 bits per heavy atom. The maximum atomic E-state index is 12.3. The lowest BCUT2D eigenvalue weighted by Gasteiger charge is -2.21. The minimum absolute atomic E-state index is 0.127. The number of hydrogen-bond donors (Lipinski definition) is 1. The Morgan fingerprint density at radius 1 is 1.10 bits per heavy atom. The molecule has 0 saturated carbocycles. The van der Waals surface area contributed by atoms with Gasteiger partial charge in [-0.05, 0) is 37.1 Å². The quantitative estimate of drug-likeness (QED) is 0.846. The molecule has 20 heavy (non-hydrogen) atoms.